The fourth-order valence-electron chi connectivity index (χ4n) is 4.38. The quantitative estimate of drug-likeness (QED) is 0.136. The summed E-state index contributed by atoms with van der Waals surface area (Å²) in [6, 6.07) is 5.53. The molecule has 1 aromatic heterocycles. The van der Waals surface area contributed by atoms with E-state index < -0.39 is 35.9 Å². The van der Waals surface area contributed by atoms with E-state index in [1.54, 1.807) is 18.7 Å². The van der Waals surface area contributed by atoms with E-state index in [9.17, 15) is 19.2 Å². The third-order valence-corrected chi connectivity index (χ3v) is 7.04. The molecule has 3 atom stereocenters. The minimum absolute atomic E-state index is 0.207. The zero-order chi connectivity index (χ0) is 29.5. The summed E-state index contributed by atoms with van der Waals surface area (Å²) in [5.74, 6) is -1.13. The minimum atomic E-state index is -0.879. The van der Waals surface area contributed by atoms with Crippen molar-refractivity contribution in [2.75, 3.05) is 25.2 Å². The number of hydrogen-bond donors (Lipinski definition) is 5. The standard InChI is InChI=1S/C29H45N5O5S/c1-6-39-29(38)25(13-9-10-15-30-19(2)3)34-27(36)24(14-16-40-5)33-28(37)26(32-20(4)35)17-21-18-31-23-12-8-7-11-22(21)23/h7-8,11-12,18-19,24-26,30-31H,6,9-10,13-17H2,1-5H3,(H,32,35)(H,33,37)(H,34,36). The van der Waals surface area contributed by atoms with Crippen LogP contribution in [0.3, 0.4) is 0 Å². The molecule has 11 heteroatoms. The summed E-state index contributed by atoms with van der Waals surface area (Å²) >= 11 is 1.55. The number of esters is 1. The molecule has 0 aliphatic carbocycles. The predicted octanol–water partition coefficient (Wildman–Crippen LogP) is 2.67. The Morgan fingerprint density at radius 2 is 1.65 bits per heavy atom. The highest BCUT2D eigenvalue weighted by Crippen LogP contribution is 2.19. The van der Waals surface area contributed by atoms with Gasteiger partial charge in [0, 0.05) is 36.5 Å². The molecule has 10 nitrogen and oxygen atoms in total. The molecule has 0 fully saturated rings. The van der Waals surface area contributed by atoms with Crippen LogP contribution in [0.4, 0.5) is 0 Å². The second-order valence-electron chi connectivity index (χ2n) is 10.1. The number of unbranched alkanes of at least 4 members (excludes halogenated alkanes) is 1. The Balaban J connectivity index is 2.13. The Hall–Kier alpha value is -3.05. The number of rotatable bonds is 18. The number of carbonyl (C=O) groups is 4. The van der Waals surface area contributed by atoms with Crippen LogP contribution < -0.4 is 21.3 Å². The van der Waals surface area contributed by atoms with Crippen LogP contribution in [0.25, 0.3) is 10.9 Å². The molecule has 3 unspecified atom stereocenters. The summed E-state index contributed by atoms with van der Waals surface area (Å²) in [6.45, 7) is 8.24. The third kappa shape index (κ3) is 11.2. The summed E-state index contributed by atoms with van der Waals surface area (Å²) < 4.78 is 5.21. The number of para-hydroxylation sites is 1. The molecule has 0 spiro atoms. The lowest BCUT2D eigenvalue weighted by atomic mass is 10.0. The lowest BCUT2D eigenvalue weighted by molar-refractivity contribution is -0.148. The lowest BCUT2D eigenvalue weighted by Gasteiger charge is -2.25. The van der Waals surface area contributed by atoms with Gasteiger partial charge in [-0.1, -0.05) is 32.0 Å². The first kappa shape index (κ1) is 33.2. The van der Waals surface area contributed by atoms with Gasteiger partial charge in [-0.15, -0.1) is 0 Å². The topological polar surface area (TPSA) is 141 Å². The Kier molecular flexibility index (Phi) is 14.6. The number of carbonyl (C=O) groups excluding carboxylic acids is 4. The van der Waals surface area contributed by atoms with Crippen molar-refractivity contribution in [1.29, 1.82) is 0 Å². The summed E-state index contributed by atoms with van der Waals surface area (Å²) in [6.07, 6.45) is 6.37. The maximum Gasteiger partial charge on any atom is 0.328 e. The molecule has 3 amide bonds. The van der Waals surface area contributed by atoms with Crippen LogP contribution in [0, 0.1) is 0 Å². The summed E-state index contributed by atoms with van der Waals surface area (Å²) in [5, 5.41) is 12.7. The van der Waals surface area contributed by atoms with E-state index in [2.05, 4.69) is 40.1 Å². The predicted molar refractivity (Wildman–Crippen MR) is 160 cm³/mol. The highest BCUT2D eigenvalue weighted by atomic mass is 32.2. The van der Waals surface area contributed by atoms with Crippen molar-refractivity contribution < 1.29 is 23.9 Å². The van der Waals surface area contributed by atoms with E-state index in [1.807, 2.05) is 36.7 Å². The van der Waals surface area contributed by atoms with Crippen LogP contribution in [0.2, 0.25) is 0 Å². The van der Waals surface area contributed by atoms with Crippen molar-refractivity contribution in [3.63, 3.8) is 0 Å². The molecule has 222 valence electrons. The normalized spacial score (nSPS) is 13.4. The molecule has 0 radical (unpaired) electrons. The highest BCUT2D eigenvalue weighted by Gasteiger charge is 2.30. The van der Waals surface area contributed by atoms with E-state index >= 15 is 0 Å². The molecule has 0 aliphatic rings. The van der Waals surface area contributed by atoms with Crippen molar-refractivity contribution >= 4 is 46.4 Å². The molecule has 2 aromatic rings. The zero-order valence-electron chi connectivity index (χ0n) is 24.3. The summed E-state index contributed by atoms with van der Waals surface area (Å²) in [5.41, 5.74) is 1.81. The second-order valence-corrected chi connectivity index (χ2v) is 11.1. The lowest BCUT2D eigenvalue weighted by Crippen LogP contribution is -2.56. The van der Waals surface area contributed by atoms with Gasteiger partial charge in [0.2, 0.25) is 17.7 Å². The maximum absolute atomic E-state index is 13.4. The molecule has 5 N–H and O–H groups in total. The average Bonchev–Trinajstić information content (AvgIpc) is 3.32. The Labute approximate surface area is 241 Å². The number of nitrogens with one attached hydrogen (secondary N) is 5. The zero-order valence-corrected chi connectivity index (χ0v) is 25.1. The first-order chi connectivity index (χ1) is 19.2. The number of thioether (sulfide) groups is 1. The molecule has 0 aliphatic heterocycles. The van der Waals surface area contributed by atoms with E-state index in [-0.39, 0.29) is 18.9 Å². The number of fused-ring (bicyclic) bond motifs is 1. The van der Waals surface area contributed by atoms with Gasteiger partial charge in [0.05, 0.1) is 6.61 Å². The number of amides is 3. The van der Waals surface area contributed by atoms with Gasteiger partial charge in [0.1, 0.15) is 18.1 Å². The van der Waals surface area contributed by atoms with Crippen LogP contribution in [-0.4, -0.2) is 78.0 Å². The molecule has 1 aromatic carbocycles. The number of hydrogen-bond acceptors (Lipinski definition) is 7. The van der Waals surface area contributed by atoms with Crippen molar-refractivity contribution in [3.8, 4) is 0 Å². The van der Waals surface area contributed by atoms with Gasteiger partial charge >= 0.3 is 5.97 Å². The van der Waals surface area contributed by atoms with Gasteiger partial charge in [-0.05, 0) is 62.8 Å². The molecule has 40 heavy (non-hydrogen) atoms. The van der Waals surface area contributed by atoms with Crippen LogP contribution in [0.15, 0.2) is 30.5 Å². The molecule has 0 bridgehead atoms. The average molecular weight is 576 g/mol. The summed E-state index contributed by atoms with van der Waals surface area (Å²) in [4.78, 5) is 54.6. The highest BCUT2D eigenvalue weighted by molar-refractivity contribution is 7.98. The van der Waals surface area contributed by atoms with Crippen molar-refractivity contribution in [2.45, 2.75) is 84.0 Å². The largest absolute Gasteiger partial charge is 0.464 e. The minimum Gasteiger partial charge on any atom is -0.464 e. The Bertz CT molecular complexity index is 1110. The fourth-order valence-corrected chi connectivity index (χ4v) is 4.85. The van der Waals surface area contributed by atoms with Gasteiger partial charge in [-0.2, -0.15) is 11.8 Å². The van der Waals surface area contributed by atoms with Crippen LogP contribution >= 0.6 is 11.8 Å². The number of aromatic nitrogens is 1. The van der Waals surface area contributed by atoms with E-state index in [0.717, 1.165) is 35.9 Å². The Morgan fingerprint density at radius 3 is 2.33 bits per heavy atom. The SMILES string of the molecule is CCOC(=O)C(CCCCNC(C)C)NC(=O)C(CCSC)NC(=O)C(Cc1c[nH]c2ccccc12)NC(C)=O. The summed E-state index contributed by atoms with van der Waals surface area (Å²) in [7, 11) is 0. The number of ether oxygens (including phenoxy) is 1. The molecule has 2 rings (SSSR count). The van der Waals surface area contributed by atoms with Crippen LogP contribution in [0.1, 0.15) is 58.9 Å². The van der Waals surface area contributed by atoms with Gasteiger partial charge in [-0.25, -0.2) is 4.79 Å². The number of aromatic amines is 1. The van der Waals surface area contributed by atoms with Crippen molar-refractivity contribution in [3.05, 3.63) is 36.0 Å². The molecular formula is C29H45N5O5S. The third-order valence-electron chi connectivity index (χ3n) is 6.40. The van der Waals surface area contributed by atoms with E-state index in [4.69, 9.17) is 4.74 Å². The smallest absolute Gasteiger partial charge is 0.328 e. The molecule has 1 heterocycles. The molecule has 0 saturated carbocycles. The molecular weight excluding hydrogens is 530 g/mol. The van der Waals surface area contributed by atoms with Gasteiger partial charge < -0.3 is 31.0 Å². The fraction of sp³-hybridized carbons (Fsp3) is 0.586. The maximum atomic E-state index is 13.4. The van der Waals surface area contributed by atoms with E-state index in [1.165, 1.54) is 6.92 Å². The van der Waals surface area contributed by atoms with Gasteiger partial charge in [0.25, 0.3) is 0 Å². The van der Waals surface area contributed by atoms with Gasteiger partial charge in [-0.3, -0.25) is 14.4 Å². The van der Waals surface area contributed by atoms with Crippen molar-refractivity contribution in [2.24, 2.45) is 0 Å². The van der Waals surface area contributed by atoms with Gasteiger partial charge in [0.15, 0.2) is 0 Å². The van der Waals surface area contributed by atoms with E-state index in [0.29, 0.717) is 24.6 Å². The Morgan fingerprint density at radius 1 is 0.950 bits per heavy atom. The number of benzene rings is 1. The van der Waals surface area contributed by atoms with Crippen molar-refractivity contribution in [1.82, 2.24) is 26.3 Å². The van der Waals surface area contributed by atoms with Crippen LogP contribution in [0.5, 0.6) is 0 Å². The first-order valence-electron chi connectivity index (χ1n) is 14.0. The number of H-pyrrole nitrogens is 1. The van der Waals surface area contributed by atoms with Crippen LogP contribution in [-0.2, 0) is 30.3 Å². The second kappa shape index (κ2) is 17.6. The molecule has 0 saturated heterocycles. The monoisotopic (exact) mass is 575 g/mol. The first-order valence-corrected chi connectivity index (χ1v) is 15.4.